The van der Waals surface area contributed by atoms with Crippen LogP contribution in [0.3, 0.4) is 0 Å². The maximum Gasteiger partial charge on any atom is 0.346 e. The Bertz CT molecular complexity index is 1350. The predicted octanol–water partition coefficient (Wildman–Crippen LogP) is 4.37. The summed E-state index contributed by atoms with van der Waals surface area (Å²) in [7, 11) is 0. The Labute approximate surface area is 212 Å². The summed E-state index contributed by atoms with van der Waals surface area (Å²) in [4.78, 5) is 48.1. The quantitative estimate of drug-likeness (QED) is 0.217. The van der Waals surface area contributed by atoms with Crippen molar-refractivity contribution in [1.29, 1.82) is 0 Å². The zero-order valence-electron chi connectivity index (χ0n) is 20.3. The zero-order valence-corrected chi connectivity index (χ0v) is 20.3. The van der Waals surface area contributed by atoms with Crippen molar-refractivity contribution in [2.45, 2.75) is 20.8 Å². The van der Waals surface area contributed by atoms with Crippen molar-refractivity contribution >= 4 is 30.0 Å². The first kappa shape index (κ1) is 28.1. The molecule has 0 heterocycles. The Hall–Kier alpha value is -5.12. The van der Waals surface area contributed by atoms with Crippen molar-refractivity contribution < 1.29 is 48.3 Å². The minimum absolute atomic E-state index is 0.0146. The molecule has 0 fully saturated rings. The van der Waals surface area contributed by atoms with Crippen LogP contribution >= 0.6 is 0 Å². The highest BCUT2D eigenvalue weighted by atomic mass is 16.6. The second kappa shape index (κ2) is 12.0. The molecule has 0 spiro atoms. The van der Waals surface area contributed by atoms with E-state index in [2.05, 4.69) is 19.7 Å². The summed E-state index contributed by atoms with van der Waals surface area (Å²) in [5.74, 6) is -4.73. The van der Waals surface area contributed by atoms with Gasteiger partial charge in [-0.1, -0.05) is 19.7 Å². The topological polar surface area (TPSA) is 146 Å². The van der Waals surface area contributed by atoms with Gasteiger partial charge in [0.25, 0.3) is 0 Å². The van der Waals surface area contributed by atoms with Gasteiger partial charge in [-0.15, -0.1) is 0 Å². The van der Waals surface area contributed by atoms with Gasteiger partial charge in [-0.3, -0.25) is 0 Å². The van der Waals surface area contributed by atoms with Crippen LogP contribution in [-0.2, 0) is 19.1 Å². The Balaban J connectivity index is 2.30. The highest BCUT2D eigenvalue weighted by molar-refractivity contribution is 5.94. The molecule has 0 saturated carbocycles. The first-order chi connectivity index (χ1) is 17.3. The van der Waals surface area contributed by atoms with Gasteiger partial charge in [0, 0.05) is 28.3 Å². The molecule has 0 saturated heterocycles. The van der Waals surface area contributed by atoms with Gasteiger partial charge in [-0.2, -0.15) is 0 Å². The fraction of sp³-hybridized carbons (Fsp3) is 0.111. The number of carbonyl (C=O) groups excluding carboxylic acids is 4. The lowest BCUT2D eigenvalue weighted by atomic mass is 10.1. The number of aromatic hydroxyl groups is 2. The average Bonchev–Trinajstić information content (AvgIpc) is 2.82. The van der Waals surface area contributed by atoms with Crippen LogP contribution in [-0.4, -0.2) is 34.1 Å². The largest absolute Gasteiger partial charge is 0.507 e. The van der Waals surface area contributed by atoms with Crippen molar-refractivity contribution in [3.8, 4) is 28.7 Å². The van der Waals surface area contributed by atoms with Crippen LogP contribution in [0.2, 0.25) is 0 Å². The van der Waals surface area contributed by atoms with Gasteiger partial charge in [0.15, 0.2) is 11.5 Å². The van der Waals surface area contributed by atoms with Crippen molar-refractivity contribution in [3.63, 3.8) is 0 Å². The second-order valence-electron chi connectivity index (χ2n) is 7.75. The van der Waals surface area contributed by atoms with E-state index in [1.54, 1.807) is 0 Å². The number of phenols is 2. The van der Waals surface area contributed by atoms with Crippen LogP contribution in [0.1, 0.15) is 36.7 Å². The SMILES string of the molecule is C=C(C)C(=O)Oc1ccc(O)c(C(=O)O/C=C/c2cc(OC(=O)C(=C)C)c(OC(=O)C(=C)C)cc2O)c1. The summed E-state index contributed by atoms with van der Waals surface area (Å²) in [5, 5.41) is 20.3. The molecule has 0 unspecified atom stereocenters. The summed E-state index contributed by atoms with van der Waals surface area (Å²) < 4.78 is 20.3. The smallest absolute Gasteiger partial charge is 0.346 e. The van der Waals surface area contributed by atoms with E-state index in [1.165, 1.54) is 26.8 Å². The lowest BCUT2D eigenvalue weighted by Gasteiger charge is -2.12. The highest BCUT2D eigenvalue weighted by Gasteiger charge is 2.19. The second-order valence-corrected chi connectivity index (χ2v) is 7.75. The number of hydrogen-bond donors (Lipinski definition) is 2. The molecule has 0 aliphatic rings. The normalized spacial score (nSPS) is 10.4. The van der Waals surface area contributed by atoms with E-state index in [-0.39, 0.29) is 45.1 Å². The van der Waals surface area contributed by atoms with Gasteiger partial charge in [-0.05, 0) is 51.1 Å². The summed E-state index contributed by atoms with van der Waals surface area (Å²) in [6.07, 6.45) is 2.05. The van der Waals surface area contributed by atoms with Crippen molar-refractivity contribution in [2.24, 2.45) is 0 Å². The third-order valence-corrected chi connectivity index (χ3v) is 4.36. The summed E-state index contributed by atoms with van der Waals surface area (Å²) in [5.41, 5.74) is -0.0324. The van der Waals surface area contributed by atoms with E-state index in [1.807, 2.05) is 0 Å². The van der Waals surface area contributed by atoms with Crippen LogP contribution in [0.5, 0.6) is 28.7 Å². The van der Waals surface area contributed by atoms with Gasteiger partial charge in [0.1, 0.15) is 22.8 Å². The van der Waals surface area contributed by atoms with Crippen molar-refractivity contribution in [2.75, 3.05) is 0 Å². The Kier molecular flexibility index (Phi) is 9.14. The highest BCUT2D eigenvalue weighted by Crippen LogP contribution is 2.36. The van der Waals surface area contributed by atoms with Crippen LogP contribution in [0.25, 0.3) is 6.08 Å². The predicted molar refractivity (Wildman–Crippen MR) is 132 cm³/mol. The molecule has 0 amide bonds. The van der Waals surface area contributed by atoms with E-state index in [9.17, 15) is 29.4 Å². The number of phenolic OH excluding ortho intramolecular Hbond substituents is 2. The number of ether oxygens (including phenoxy) is 4. The van der Waals surface area contributed by atoms with Crippen LogP contribution in [0.15, 0.2) is 73.1 Å². The maximum atomic E-state index is 12.4. The third-order valence-electron chi connectivity index (χ3n) is 4.36. The number of hydrogen-bond acceptors (Lipinski definition) is 10. The van der Waals surface area contributed by atoms with Gasteiger partial charge < -0.3 is 29.2 Å². The minimum Gasteiger partial charge on any atom is -0.507 e. The summed E-state index contributed by atoms with van der Waals surface area (Å²) >= 11 is 0. The molecule has 0 aliphatic heterocycles. The Morgan fingerprint density at radius 3 is 1.78 bits per heavy atom. The molecule has 10 heteroatoms. The molecular weight excluding hydrogens is 484 g/mol. The molecule has 0 aromatic heterocycles. The van der Waals surface area contributed by atoms with Crippen LogP contribution in [0, 0.1) is 0 Å². The Morgan fingerprint density at radius 1 is 0.730 bits per heavy atom. The molecule has 2 rings (SSSR count). The van der Waals surface area contributed by atoms with Gasteiger partial charge in [0.05, 0.1) is 6.26 Å². The monoisotopic (exact) mass is 508 g/mol. The molecule has 37 heavy (non-hydrogen) atoms. The Morgan fingerprint density at radius 2 is 1.24 bits per heavy atom. The molecule has 0 bridgehead atoms. The third kappa shape index (κ3) is 7.69. The number of carbonyl (C=O) groups is 4. The number of benzene rings is 2. The van der Waals surface area contributed by atoms with Gasteiger partial charge in [-0.25, -0.2) is 19.2 Å². The summed E-state index contributed by atoms with van der Waals surface area (Å²) in [6, 6.07) is 5.70. The molecule has 192 valence electrons. The first-order valence-electron chi connectivity index (χ1n) is 10.5. The number of rotatable bonds is 9. The average molecular weight is 508 g/mol. The van der Waals surface area contributed by atoms with Crippen LogP contribution < -0.4 is 14.2 Å². The first-order valence-corrected chi connectivity index (χ1v) is 10.5. The van der Waals surface area contributed by atoms with E-state index in [0.717, 1.165) is 36.6 Å². The zero-order chi connectivity index (χ0) is 27.9. The lowest BCUT2D eigenvalue weighted by molar-refractivity contribution is -0.132. The molecule has 2 aromatic carbocycles. The maximum absolute atomic E-state index is 12.4. The van der Waals surface area contributed by atoms with E-state index < -0.39 is 35.4 Å². The molecule has 2 N–H and O–H groups in total. The molecule has 2 aromatic rings. The van der Waals surface area contributed by atoms with E-state index >= 15 is 0 Å². The summed E-state index contributed by atoms with van der Waals surface area (Å²) in [6.45, 7) is 14.7. The van der Waals surface area contributed by atoms with E-state index in [0.29, 0.717) is 0 Å². The fourth-order valence-corrected chi connectivity index (χ4v) is 2.40. The standard InChI is InChI=1S/C27H24O10/c1-14(2)24(30)35-18-7-8-20(28)19(12-18)27(33)34-10-9-17-11-22(36-25(31)15(3)4)23(13-21(17)29)37-26(32)16(5)6/h7-13,28-29H,1,3,5H2,2,4,6H3/b10-9+. The fourth-order valence-electron chi connectivity index (χ4n) is 2.40. The van der Waals surface area contributed by atoms with Crippen LogP contribution in [0.4, 0.5) is 0 Å². The van der Waals surface area contributed by atoms with Gasteiger partial charge in [0.2, 0.25) is 0 Å². The van der Waals surface area contributed by atoms with E-state index in [4.69, 9.17) is 18.9 Å². The minimum atomic E-state index is -1.01. The molecule has 0 atom stereocenters. The van der Waals surface area contributed by atoms with Crippen molar-refractivity contribution in [3.05, 3.63) is 84.2 Å². The molecular formula is C27H24O10. The number of esters is 4. The molecule has 0 radical (unpaired) electrons. The molecule has 10 nitrogen and oxygen atoms in total. The lowest BCUT2D eigenvalue weighted by Crippen LogP contribution is -2.13. The van der Waals surface area contributed by atoms with Crippen molar-refractivity contribution in [1.82, 2.24) is 0 Å². The van der Waals surface area contributed by atoms with Gasteiger partial charge >= 0.3 is 23.9 Å². The molecule has 0 aliphatic carbocycles.